The van der Waals surface area contributed by atoms with Crippen LogP contribution in [0.5, 0.6) is 0 Å². The third-order valence-electron chi connectivity index (χ3n) is 6.82. The van der Waals surface area contributed by atoms with Gasteiger partial charge in [0.1, 0.15) is 12.1 Å². The number of imide groups is 2. The molecule has 0 aliphatic carbocycles. The zero-order valence-corrected chi connectivity index (χ0v) is 17.0. The number of fused-ring (bicyclic) bond motifs is 1. The maximum Gasteiger partial charge on any atom is 0.320 e. The van der Waals surface area contributed by atoms with E-state index in [1.165, 1.54) is 0 Å². The highest BCUT2D eigenvalue weighted by molar-refractivity contribution is 6.25. The number of nitrogens with one attached hydrogen (secondary N) is 1. The molecule has 10 nitrogen and oxygen atoms in total. The van der Waals surface area contributed by atoms with Crippen molar-refractivity contribution in [2.75, 3.05) is 31.1 Å². The average molecular weight is 426 g/mol. The van der Waals surface area contributed by atoms with Gasteiger partial charge in [0, 0.05) is 38.0 Å². The summed E-state index contributed by atoms with van der Waals surface area (Å²) in [5.41, 5.74) is 1.22. The molecule has 10 heteroatoms. The van der Waals surface area contributed by atoms with E-state index < -0.39 is 41.7 Å². The molecule has 5 rings (SSSR count). The van der Waals surface area contributed by atoms with Crippen LogP contribution >= 0.6 is 0 Å². The Morgan fingerprint density at radius 1 is 1.13 bits per heavy atom. The number of benzene rings is 1. The molecule has 4 heterocycles. The molecule has 2 N–H and O–H groups in total. The smallest absolute Gasteiger partial charge is 0.320 e. The molecule has 1 aromatic rings. The van der Waals surface area contributed by atoms with E-state index in [-0.39, 0.29) is 23.8 Å². The summed E-state index contributed by atoms with van der Waals surface area (Å²) in [6, 6.07) is 3.58. The molecule has 0 bridgehead atoms. The highest BCUT2D eigenvalue weighted by atomic mass is 16.4. The van der Waals surface area contributed by atoms with Crippen LogP contribution in [-0.2, 0) is 14.4 Å². The van der Waals surface area contributed by atoms with E-state index in [2.05, 4.69) is 5.32 Å². The van der Waals surface area contributed by atoms with Gasteiger partial charge in [0.15, 0.2) is 0 Å². The van der Waals surface area contributed by atoms with Crippen molar-refractivity contribution in [3.05, 3.63) is 29.3 Å². The summed E-state index contributed by atoms with van der Waals surface area (Å²) in [5.74, 6) is -2.91. The fourth-order valence-corrected chi connectivity index (χ4v) is 5.14. The number of nitrogens with zero attached hydrogens (tertiary/aromatic N) is 3. The minimum absolute atomic E-state index is 0.00139. The standard InChI is InChI=1S/C21H22N4O6/c1-11(20(30)31)23-7-21(8-23)9-24(10-21)13-4-2-3-12-16(13)19(29)25(18(12)28)14-5-6-15(26)22-17(14)27/h2-4,11,14H,5-10H2,1H3,(H,30,31)(H,22,26,27). The van der Waals surface area contributed by atoms with E-state index in [9.17, 15) is 24.0 Å². The van der Waals surface area contributed by atoms with Gasteiger partial charge in [-0.3, -0.25) is 39.1 Å². The van der Waals surface area contributed by atoms with Crippen molar-refractivity contribution in [2.45, 2.75) is 31.8 Å². The second kappa shape index (κ2) is 6.61. The Kier molecular flexibility index (Phi) is 4.20. The van der Waals surface area contributed by atoms with Crippen LogP contribution in [0.3, 0.4) is 0 Å². The first-order chi connectivity index (χ1) is 14.7. The van der Waals surface area contributed by atoms with Gasteiger partial charge < -0.3 is 10.0 Å². The molecule has 0 radical (unpaired) electrons. The first-order valence-electron chi connectivity index (χ1n) is 10.3. The number of carbonyl (C=O) groups excluding carboxylic acids is 4. The van der Waals surface area contributed by atoms with Gasteiger partial charge in [-0.1, -0.05) is 6.07 Å². The highest BCUT2D eigenvalue weighted by Crippen LogP contribution is 2.45. The molecule has 0 saturated carbocycles. The van der Waals surface area contributed by atoms with Crippen molar-refractivity contribution >= 4 is 35.3 Å². The fraction of sp³-hybridized carbons (Fsp3) is 0.476. The van der Waals surface area contributed by atoms with E-state index in [4.69, 9.17) is 5.11 Å². The Bertz CT molecular complexity index is 1040. The fourth-order valence-electron chi connectivity index (χ4n) is 5.14. The van der Waals surface area contributed by atoms with Gasteiger partial charge in [-0.2, -0.15) is 0 Å². The number of likely N-dealkylation sites (tertiary alicyclic amines) is 1. The molecule has 2 unspecified atom stereocenters. The van der Waals surface area contributed by atoms with Crippen LogP contribution in [0.15, 0.2) is 18.2 Å². The van der Waals surface area contributed by atoms with Gasteiger partial charge >= 0.3 is 5.97 Å². The molecule has 4 amide bonds. The minimum atomic E-state index is -0.988. The number of hydrogen-bond donors (Lipinski definition) is 2. The summed E-state index contributed by atoms with van der Waals surface area (Å²) in [7, 11) is 0. The van der Waals surface area contributed by atoms with Crippen molar-refractivity contribution in [3.8, 4) is 0 Å². The lowest BCUT2D eigenvalue weighted by Crippen LogP contribution is -2.74. The average Bonchev–Trinajstić information content (AvgIpc) is 2.91. The van der Waals surface area contributed by atoms with Gasteiger partial charge in [0.25, 0.3) is 11.8 Å². The largest absolute Gasteiger partial charge is 0.480 e. The number of piperidine rings is 1. The summed E-state index contributed by atoms with van der Waals surface area (Å²) >= 11 is 0. The number of carboxylic acid groups (broad SMARTS) is 1. The Labute approximate surface area is 177 Å². The van der Waals surface area contributed by atoms with Gasteiger partial charge in [0.05, 0.1) is 16.8 Å². The van der Waals surface area contributed by atoms with E-state index in [0.717, 1.165) is 4.90 Å². The number of amides is 4. The number of hydrogen-bond acceptors (Lipinski definition) is 7. The predicted molar refractivity (Wildman–Crippen MR) is 106 cm³/mol. The van der Waals surface area contributed by atoms with E-state index in [1.807, 2.05) is 9.80 Å². The third-order valence-corrected chi connectivity index (χ3v) is 6.82. The molecule has 3 saturated heterocycles. The molecule has 31 heavy (non-hydrogen) atoms. The number of anilines is 1. The normalized spacial score (nSPS) is 25.8. The van der Waals surface area contributed by atoms with Crippen molar-refractivity contribution in [3.63, 3.8) is 0 Å². The molecule has 2 atom stereocenters. The van der Waals surface area contributed by atoms with Crippen LogP contribution in [0.4, 0.5) is 5.69 Å². The molecule has 4 aliphatic rings. The van der Waals surface area contributed by atoms with Gasteiger partial charge in [-0.15, -0.1) is 0 Å². The monoisotopic (exact) mass is 426 g/mol. The van der Waals surface area contributed by atoms with Crippen LogP contribution < -0.4 is 10.2 Å². The SMILES string of the molecule is CC(C(=O)O)N1CC2(CN(c3cccc4c3C(=O)N(C3CCC(=O)NC3=O)C4=O)C2)C1. The molecule has 1 spiro atoms. The number of carbonyl (C=O) groups is 5. The molecule has 1 aromatic carbocycles. The number of aliphatic carboxylic acids is 1. The minimum Gasteiger partial charge on any atom is -0.480 e. The molecular weight excluding hydrogens is 404 g/mol. The molecule has 162 valence electrons. The predicted octanol–water partition coefficient (Wildman–Crippen LogP) is -0.317. The molecular formula is C21H22N4O6. The quantitative estimate of drug-likeness (QED) is 0.628. The summed E-state index contributed by atoms with van der Waals surface area (Å²) in [6.07, 6.45) is 0.201. The van der Waals surface area contributed by atoms with Crippen molar-refractivity contribution in [2.24, 2.45) is 5.41 Å². The van der Waals surface area contributed by atoms with E-state index in [1.54, 1.807) is 25.1 Å². The summed E-state index contributed by atoms with van der Waals surface area (Å²) < 4.78 is 0. The van der Waals surface area contributed by atoms with Gasteiger partial charge in [-0.05, 0) is 25.5 Å². The number of carboxylic acids is 1. The Morgan fingerprint density at radius 2 is 1.84 bits per heavy atom. The summed E-state index contributed by atoms with van der Waals surface area (Å²) in [5, 5.41) is 11.4. The molecule has 3 fully saturated rings. The second-order valence-electron chi connectivity index (χ2n) is 8.92. The maximum absolute atomic E-state index is 13.2. The van der Waals surface area contributed by atoms with Crippen molar-refractivity contribution < 1.29 is 29.1 Å². The zero-order chi connectivity index (χ0) is 22.1. The van der Waals surface area contributed by atoms with Gasteiger partial charge in [-0.25, -0.2) is 0 Å². The van der Waals surface area contributed by atoms with Crippen LogP contribution in [-0.4, -0.2) is 82.8 Å². The molecule has 4 aliphatic heterocycles. The maximum atomic E-state index is 13.2. The van der Waals surface area contributed by atoms with E-state index >= 15 is 0 Å². The first-order valence-corrected chi connectivity index (χ1v) is 10.3. The van der Waals surface area contributed by atoms with Gasteiger partial charge in [0.2, 0.25) is 11.8 Å². The van der Waals surface area contributed by atoms with Crippen LogP contribution in [0.2, 0.25) is 0 Å². The summed E-state index contributed by atoms with van der Waals surface area (Å²) in [4.78, 5) is 65.9. The van der Waals surface area contributed by atoms with Crippen LogP contribution in [0, 0.1) is 5.41 Å². The number of rotatable bonds is 4. The van der Waals surface area contributed by atoms with Crippen molar-refractivity contribution in [1.29, 1.82) is 0 Å². The first kappa shape index (κ1) is 19.7. The van der Waals surface area contributed by atoms with Crippen LogP contribution in [0.25, 0.3) is 0 Å². The lowest BCUT2D eigenvalue weighted by atomic mass is 9.71. The van der Waals surface area contributed by atoms with Crippen molar-refractivity contribution in [1.82, 2.24) is 15.1 Å². The Morgan fingerprint density at radius 3 is 2.48 bits per heavy atom. The second-order valence-corrected chi connectivity index (χ2v) is 8.92. The highest BCUT2D eigenvalue weighted by Gasteiger charge is 2.55. The molecule has 0 aromatic heterocycles. The topological polar surface area (TPSA) is 127 Å². The third kappa shape index (κ3) is 2.85. The van der Waals surface area contributed by atoms with Crippen LogP contribution in [0.1, 0.15) is 40.5 Å². The lowest BCUT2D eigenvalue weighted by molar-refractivity contribution is -0.149. The lowest BCUT2D eigenvalue weighted by Gasteiger charge is -2.62. The Balaban J connectivity index is 1.34. The van der Waals surface area contributed by atoms with E-state index in [0.29, 0.717) is 37.4 Å². The summed E-state index contributed by atoms with van der Waals surface area (Å²) in [6.45, 7) is 4.38. The zero-order valence-electron chi connectivity index (χ0n) is 17.0. The Hall–Kier alpha value is -3.27.